The highest BCUT2D eigenvalue weighted by molar-refractivity contribution is 5.46. The molecule has 4 heteroatoms. The molecule has 0 aliphatic heterocycles. The summed E-state index contributed by atoms with van der Waals surface area (Å²) in [5, 5.41) is 0. The molecule has 3 rings (SSSR count). The number of anilines is 2. The number of hydrogen-bond acceptors (Lipinski definition) is 3. The van der Waals surface area contributed by atoms with Crippen molar-refractivity contribution < 1.29 is 0 Å². The molecule has 0 bridgehead atoms. The van der Waals surface area contributed by atoms with Crippen LogP contribution in [0.25, 0.3) is 0 Å². The van der Waals surface area contributed by atoms with Crippen LogP contribution in [0.15, 0.2) is 61.1 Å². The van der Waals surface area contributed by atoms with Gasteiger partial charge in [-0.15, -0.1) is 0 Å². The van der Waals surface area contributed by atoms with E-state index in [0.717, 1.165) is 23.5 Å². The SMILES string of the molecule is Nc1ccc(C(Cc2c[nH]cn2)c2ccc(N)cc2)cc1. The van der Waals surface area contributed by atoms with E-state index in [-0.39, 0.29) is 5.92 Å². The summed E-state index contributed by atoms with van der Waals surface area (Å²) >= 11 is 0. The van der Waals surface area contributed by atoms with E-state index >= 15 is 0 Å². The zero-order chi connectivity index (χ0) is 14.7. The van der Waals surface area contributed by atoms with Gasteiger partial charge in [-0.25, -0.2) is 4.98 Å². The second kappa shape index (κ2) is 5.71. The first-order valence-corrected chi connectivity index (χ1v) is 6.91. The van der Waals surface area contributed by atoms with E-state index in [2.05, 4.69) is 34.2 Å². The van der Waals surface area contributed by atoms with E-state index in [0.29, 0.717) is 0 Å². The van der Waals surface area contributed by atoms with Crippen LogP contribution in [0.5, 0.6) is 0 Å². The van der Waals surface area contributed by atoms with E-state index in [9.17, 15) is 0 Å². The summed E-state index contributed by atoms with van der Waals surface area (Å²) in [4.78, 5) is 7.34. The first-order chi connectivity index (χ1) is 10.2. The smallest absolute Gasteiger partial charge is 0.0923 e. The number of aromatic amines is 1. The molecular weight excluding hydrogens is 260 g/mol. The van der Waals surface area contributed by atoms with E-state index < -0.39 is 0 Å². The van der Waals surface area contributed by atoms with Crippen LogP contribution in [-0.2, 0) is 6.42 Å². The van der Waals surface area contributed by atoms with Gasteiger partial charge in [-0.2, -0.15) is 0 Å². The minimum atomic E-state index is 0.231. The Labute approximate surface area is 123 Å². The van der Waals surface area contributed by atoms with Crippen molar-refractivity contribution in [2.24, 2.45) is 0 Å². The molecule has 0 aliphatic rings. The zero-order valence-electron chi connectivity index (χ0n) is 11.7. The molecule has 3 aromatic rings. The van der Waals surface area contributed by atoms with Gasteiger partial charge in [0, 0.05) is 29.9 Å². The minimum Gasteiger partial charge on any atom is -0.399 e. The van der Waals surface area contributed by atoms with Crippen molar-refractivity contribution in [2.45, 2.75) is 12.3 Å². The quantitative estimate of drug-likeness (QED) is 0.642. The molecule has 2 aromatic carbocycles. The summed E-state index contributed by atoms with van der Waals surface area (Å²) < 4.78 is 0. The number of nitrogens with two attached hydrogens (primary N) is 2. The van der Waals surface area contributed by atoms with Gasteiger partial charge < -0.3 is 16.5 Å². The van der Waals surface area contributed by atoms with Crippen LogP contribution >= 0.6 is 0 Å². The summed E-state index contributed by atoms with van der Waals surface area (Å²) in [5.41, 5.74) is 16.6. The number of nitrogens with one attached hydrogen (secondary N) is 1. The molecule has 1 heterocycles. The van der Waals surface area contributed by atoms with E-state index in [1.807, 2.05) is 30.5 Å². The molecule has 0 saturated carbocycles. The lowest BCUT2D eigenvalue weighted by atomic mass is 9.87. The molecule has 4 nitrogen and oxygen atoms in total. The summed E-state index contributed by atoms with van der Waals surface area (Å²) in [7, 11) is 0. The summed E-state index contributed by atoms with van der Waals surface area (Å²) in [6.45, 7) is 0. The highest BCUT2D eigenvalue weighted by atomic mass is 14.9. The van der Waals surface area contributed by atoms with E-state index in [1.165, 1.54) is 11.1 Å². The van der Waals surface area contributed by atoms with Gasteiger partial charge in [0.15, 0.2) is 0 Å². The Morgan fingerprint density at radius 2 is 1.38 bits per heavy atom. The Bertz CT molecular complexity index is 639. The fraction of sp³-hybridized carbons (Fsp3) is 0.118. The van der Waals surface area contributed by atoms with Gasteiger partial charge in [-0.3, -0.25) is 0 Å². The lowest BCUT2D eigenvalue weighted by Crippen LogP contribution is -2.06. The molecule has 5 N–H and O–H groups in total. The Balaban J connectivity index is 1.97. The van der Waals surface area contributed by atoms with Crippen molar-refractivity contribution in [3.05, 3.63) is 77.9 Å². The molecule has 0 unspecified atom stereocenters. The van der Waals surface area contributed by atoms with Gasteiger partial charge in [-0.1, -0.05) is 24.3 Å². The lowest BCUT2D eigenvalue weighted by molar-refractivity contribution is 0.788. The highest BCUT2D eigenvalue weighted by Gasteiger charge is 2.16. The first-order valence-electron chi connectivity index (χ1n) is 6.91. The van der Waals surface area contributed by atoms with Gasteiger partial charge >= 0.3 is 0 Å². The fourth-order valence-electron chi connectivity index (χ4n) is 2.50. The normalized spacial score (nSPS) is 10.9. The third kappa shape index (κ3) is 3.05. The van der Waals surface area contributed by atoms with E-state index in [1.54, 1.807) is 6.33 Å². The minimum absolute atomic E-state index is 0.231. The number of nitrogens with zero attached hydrogens (tertiary/aromatic N) is 1. The predicted molar refractivity (Wildman–Crippen MR) is 85.8 cm³/mol. The van der Waals surface area contributed by atoms with Gasteiger partial charge in [0.25, 0.3) is 0 Å². The maximum Gasteiger partial charge on any atom is 0.0923 e. The third-order valence-corrected chi connectivity index (χ3v) is 3.65. The van der Waals surface area contributed by atoms with Crippen LogP contribution in [0.3, 0.4) is 0 Å². The monoisotopic (exact) mass is 278 g/mol. The van der Waals surface area contributed by atoms with Crippen molar-refractivity contribution in [3.63, 3.8) is 0 Å². The number of rotatable bonds is 4. The predicted octanol–water partition coefficient (Wildman–Crippen LogP) is 2.95. The third-order valence-electron chi connectivity index (χ3n) is 3.65. The maximum atomic E-state index is 5.79. The van der Waals surface area contributed by atoms with Gasteiger partial charge in [-0.05, 0) is 35.4 Å². The second-order valence-corrected chi connectivity index (χ2v) is 5.15. The van der Waals surface area contributed by atoms with Crippen LogP contribution in [-0.4, -0.2) is 9.97 Å². The Morgan fingerprint density at radius 3 is 1.81 bits per heavy atom. The Hall–Kier alpha value is -2.75. The van der Waals surface area contributed by atoms with Crippen molar-refractivity contribution in [3.8, 4) is 0 Å². The number of H-pyrrole nitrogens is 1. The maximum absolute atomic E-state index is 5.79. The molecule has 21 heavy (non-hydrogen) atoms. The largest absolute Gasteiger partial charge is 0.399 e. The van der Waals surface area contributed by atoms with Crippen LogP contribution < -0.4 is 11.5 Å². The van der Waals surface area contributed by atoms with Crippen LogP contribution in [0.1, 0.15) is 22.7 Å². The molecule has 0 amide bonds. The topological polar surface area (TPSA) is 80.7 Å². The van der Waals surface area contributed by atoms with Crippen LogP contribution in [0.2, 0.25) is 0 Å². The molecule has 0 fully saturated rings. The zero-order valence-corrected chi connectivity index (χ0v) is 11.7. The molecular formula is C17H18N4. The standard InChI is InChI=1S/C17H18N4/c18-14-5-1-12(2-6-14)17(9-16-10-20-11-21-16)13-3-7-15(19)8-4-13/h1-8,10-11,17H,9,18-19H2,(H,20,21). The lowest BCUT2D eigenvalue weighted by Gasteiger charge is -2.17. The van der Waals surface area contributed by atoms with Crippen LogP contribution in [0, 0.1) is 0 Å². The number of benzene rings is 2. The number of imidazole rings is 1. The molecule has 106 valence electrons. The highest BCUT2D eigenvalue weighted by Crippen LogP contribution is 2.29. The van der Waals surface area contributed by atoms with Gasteiger partial charge in [0.05, 0.1) is 12.0 Å². The number of aromatic nitrogens is 2. The second-order valence-electron chi connectivity index (χ2n) is 5.15. The molecule has 0 spiro atoms. The van der Waals surface area contributed by atoms with Crippen LogP contribution in [0.4, 0.5) is 11.4 Å². The van der Waals surface area contributed by atoms with Crippen molar-refractivity contribution in [2.75, 3.05) is 11.5 Å². The average Bonchev–Trinajstić information content (AvgIpc) is 3.00. The Kier molecular flexibility index (Phi) is 3.60. The summed E-state index contributed by atoms with van der Waals surface area (Å²) in [5.74, 6) is 0.231. The Morgan fingerprint density at radius 1 is 0.857 bits per heavy atom. The van der Waals surface area contributed by atoms with Gasteiger partial charge in [0.2, 0.25) is 0 Å². The van der Waals surface area contributed by atoms with Gasteiger partial charge in [0.1, 0.15) is 0 Å². The number of hydrogen-bond donors (Lipinski definition) is 3. The fourth-order valence-corrected chi connectivity index (χ4v) is 2.50. The summed E-state index contributed by atoms with van der Waals surface area (Å²) in [6, 6.07) is 16.0. The molecule has 0 aliphatic carbocycles. The number of nitrogen functional groups attached to an aromatic ring is 2. The molecule has 0 saturated heterocycles. The average molecular weight is 278 g/mol. The van der Waals surface area contributed by atoms with Crippen molar-refractivity contribution >= 4 is 11.4 Å². The molecule has 0 atom stereocenters. The van der Waals surface area contributed by atoms with E-state index in [4.69, 9.17) is 11.5 Å². The van der Waals surface area contributed by atoms with Crippen molar-refractivity contribution in [1.82, 2.24) is 9.97 Å². The molecule has 0 radical (unpaired) electrons. The van der Waals surface area contributed by atoms with Crippen molar-refractivity contribution in [1.29, 1.82) is 0 Å². The summed E-state index contributed by atoms with van der Waals surface area (Å²) in [6.07, 6.45) is 4.47. The first kappa shape index (κ1) is 13.2. The molecule has 1 aromatic heterocycles.